The van der Waals surface area contributed by atoms with E-state index in [1.807, 2.05) is 11.3 Å². The Balaban J connectivity index is 1.85. The van der Waals surface area contributed by atoms with E-state index in [1.54, 1.807) is 0 Å². The van der Waals surface area contributed by atoms with Crippen LogP contribution in [0, 0.1) is 6.92 Å². The molecule has 1 aromatic heterocycles. The maximum absolute atomic E-state index is 9.71. The largest absolute Gasteiger partial charge is 0.395 e. The predicted molar refractivity (Wildman–Crippen MR) is 75.3 cm³/mol. The zero-order valence-electron chi connectivity index (χ0n) is 11.2. The summed E-state index contributed by atoms with van der Waals surface area (Å²) in [6, 6.07) is 0. The first kappa shape index (κ1) is 12.6. The molecular weight excluding hydrogens is 242 g/mol. The Morgan fingerprint density at radius 2 is 1.94 bits per heavy atom. The topological polar surface area (TPSA) is 33.1 Å². The lowest BCUT2D eigenvalue weighted by Crippen LogP contribution is -2.37. The van der Waals surface area contributed by atoms with Crippen molar-refractivity contribution in [3.8, 4) is 0 Å². The van der Waals surface area contributed by atoms with E-state index >= 15 is 0 Å². The van der Waals surface area contributed by atoms with Crippen LogP contribution in [-0.4, -0.2) is 16.7 Å². The van der Waals surface area contributed by atoms with Crippen LogP contribution in [0.4, 0.5) is 0 Å². The fourth-order valence-electron chi connectivity index (χ4n) is 3.49. The summed E-state index contributed by atoms with van der Waals surface area (Å²) in [6.45, 7) is 2.44. The van der Waals surface area contributed by atoms with Crippen LogP contribution in [0.25, 0.3) is 0 Å². The molecule has 2 saturated carbocycles. The van der Waals surface area contributed by atoms with E-state index in [4.69, 9.17) is 4.98 Å². The number of nitrogens with zero attached hydrogens (tertiary/aromatic N) is 1. The standard InChI is InChI=1S/C15H23NOS/c1-11-13(15(10-17)8-5-9-15)18-14(16-11)12-6-3-2-4-7-12/h12,17H,2-10H2,1H3. The molecule has 0 saturated heterocycles. The number of aryl methyl sites for hydroxylation is 1. The Labute approximate surface area is 113 Å². The molecule has 0 aliphatic heterocycles. The summed E-state index contributed by atoms with van der Waals surface area (Å²) < 4.78 is 0. The lowest BCUT2D eigenvalue weighted by Gasteiger charge is -2.39. The Hall–Kier alpha value is -0.410. The fourth-order valence-corrected chi connectivity index (χ4v) is 4.97. The third-order valence-corrected chi connectivity index (χ3v) is 6.43. The smallest absolute Gasteiger partial charge is 0.0962 e. The van der Waals surface area contributed by atoms with Gasteiger partial charge < -0.3 is 5.11 Å². The second kappa shape index (κ2) is 4.93. The van der Waals surface area contributed by atoms with Gasteiger partial charge in [-0.2, -0.15) is 0 Å². The van der Waals surface area contributed by atoms with Gasteiger partial charge in [0.05, 0.1) is 17.3 Å². The summed E-state index contributed by atoms with van der Waals surface area (Å²) in [6.07, 6.45) is 10.3. The van der Waals surface area contributed by atoms with Crippen LogP contribution in [0.5, 0.6) is 0 Å². The zero-order valence-corrected chi connectivity index (χ0v) is 12.1. The summed E-state index contributed by atoms with van der Waals surface area (Å²) in [5.41, 5.74) is 1.27. The normalized spacial score (nSPS) is 23.9. The highest BCUT2D eigenvalue weighted by molar-refractivity contribution is 7.12. The van der Waals surface area contributed by atoms with Gasteiger partial charge in [-0.15, -0.1) is 11.3 Å². The molecule has 2 aliphatic rings. The number of aromatic nitrogens is 1. The molecule has 3 rings (SSSR count). The van der Waals surface area contributed by atoms with Crippen molar-refractivity contribution in [1.29, 1.82) is 0 Å². The van der Waals surface area contributed by atoms with Crippen molar-refractivity contribution in [1.82, 2.24) is 4.98 Å². The van der Waals surface area contributed by atoms with E-state index in [2.05, 4.69) is 6.92 Å². The molecule has 0 unspecified atom stereocenters. The minimum Gasteiger partial charge on any atom is -0.395 e. The third-order valence-electron chi connectivity index (χ3n) is 4.86. The lowest BCUT2D eigenvalue weighted by molar-refractivity contribution is 0.122. The van der Waals surface area contributed by atoms with Gasteiger partial charge in [0.2, 0.25) is 0 Å². The van der Waals surface area contributed by atoms with Crippen LogP contribution in [0.3, 0.4) is 0 Å². The molecule has 2 aliphatic carbocycles. The molecule has 1 N–H and O–H groups in total. The highest BCUT2D eigenvalue weighted by Crippen LogP contribution is 2.48. The van der Waals surface area contributed by atoms with E-state index in [0.29, 0.717) is 12.5 Å². The SMILES string of the molecule is Cc1nc(C2CCCCC2)sc1C1(CO)CCC1. The lowest BCUT2D eigenvalue weighted by atomic mass is 9.68. The van der Waals surface area contributed by atoms with Gasteiger partial charge in [0.15, 0.2) is 0 Å². The minimum absolute atomic E-state index is 0.0780. The molecule has 0 bridgehead atoms. The quantitative estimate of drug-likeness (QED) is 0.898. The number of hydrogen-bond acceptors (Lipinski definition) is 3. The Kier molecular flexibility index (Phi) is 3.46. The van der Waals surface area contributed by atoms with Gasteiger partial charge in [0, 0.05) is 16.2 Å². The maximum atomic E-state index is 9.71. The number of thiazole rings is 1. The van der Waals surface area contributed by atoms with Gasteiger partial charge in [0.1, 0.15) is 0 Å². The second-order valence-corrected chi connectivity index (χ2v) is 7.12. The highest BCUT2D eigenvalue weighted by Gasteiger charge is 2.41. The summed E-state index contributed by atoms with van der Waals surface area (Å²) in [5.74, 6) is 0.701. The van der Waals surface area contributed by atoms with E-state index in [9.17, 15) is 5.11 Å². The average molecular weight is 265 g/mol. The molecule has 0 radical (unpaired) electrons. The number of aliphatic hydroxyl groups excluding tert-OH is 1. The molecule has 0 amide bonds. The van der Waals surface area contributed by atoms with Crippen molar-refractivity contribution >= 4 is 11.3 Å². The van der Waals surface area contributed by atoms with Gasteiger partial charge in [0.25, 0.3) is 0 Å². The fraction of sp³-hybridized carbons (Fsp3) is 0.800. The molecule has 0 atom stereocenters. The van der Waals surface area contributed by atoms with Crippen LogP contribution in [0.2, 0.25) is 0 Å². The number of aliphatic hydroxyl groups is 1. The van der Waals surface area contributed by atoms with Crippen molar-refractivity contribution in [2.75, 3.05) is 6.61 Å². The summed E-state index contributed by atoms with van der Waals surface area (Å²) in [5, 5.41) is 11.1. The molecule has 2 nitrogen and oxygen atoms in total. The highest BCUT2D eigenvalue weighted by atomic mass is 32.1. The summed E-state index contributed by atoms with van der Waals surface area (Å²) >= 11 is 1.90. The predicted octanol–water partition coefficient (Wildman–Crippen LogP) is 3.91. The van der Waals surface area contributed by atoms with Crippen LogP contribution in [0.1, 0.15) is 72.9 Å². The number of hydrogen-bond donors (Lipinski definition) is 1. The molecule has 0 spiro atoms. The molecule has 100 valence electrons. The molecule has 18 heavy (non-hydrogen) atoms. The van der Waals surface area contributed by atoms with Gasteiger partial charge in [-0.1, -0.05) is 25.7 Å². The first-order valence-electron chi connectivity index (χ1n) is 7.34. The van der Waals surface area contributed by atoms with E-state index < -0.39 is 0 Å². The van der Waals surface area contributed by atoms with Gasteiger partial charge in [-0.05, 0) is 32.6 Å². The van der Waals surface area contributed by atoms with Crippen molar-refractivity contribution in [3.05, 3.63) is 15.6 Å². The Morgan fingerprint density at radius 3 is 2.50 bits per heavy atom. The van der Waals surface area contributed by atoms with Gasteiger partial charge >= 0.3 is 0 Å². The maximum Gasteiger partial charge on any atom is 0.0962 e. The van der Waals surface area contributed by atoms with Crippen molar-refractivity contribution in [2.45, 2.75) is 69.6 Å². The molecule has 0 aromatic carbocycles. The van der Waals surface area contributed by atoms with Crippen LogP contribution < -0.4 is 0 Å². The van der Waals surface area contributed by atoms with E-state index in [0.717, 1.165) is 12.8 Å². The summed E-state index contributed by atoms with van der Waals surface area (Å²) in [4.78, 5) is 6.22. The molecule has 1 heterocycles. The second-order valence-electron chi connectivity index (χ2n) is 6.09. The van der Waals surface area contributed by atoms with Crippen LogP contribution in [0.15, 0.2) is 0 Å². The van der Waals surface area contributed by atoms with E-state index in [-0.39, 0.29) is 5.41 Å². The van der Waals surface area contributed by atoms with Crippen LogP contribution in [-0.2, 0) is 5.41 Å². The first-order valence-corrected chi connectivity index (χ1v) is 8.15. The molecule has 2 fully saturated rings. The molecule has 3 heteroatoms. The minimum atomic E-state index is 0.0780. The summed E-state index contributed by atoms with van der Waals surface area (Å²) in [7, 11) is 0. The zero-order chi connectivity index (χ0) is 12.6. The third kappa shape index (κ3) is 2.01. The van der Waals surface area contributed by atoms with E-state index in [1.165, 1.54) is 54.1 Å². The Morgan fingerprint density at radius 1 is 1.22 bits per heavy atom. The van der Waals surface area contributed by atoms with Gasteiger partial charge in [-0.3, -0.25) is 0 Å². The molecule has 1 aromatic rings. The monoisotopic (exact) mass is 265 g/mol. The first-order chi connectivity index (χ1) is 8.75. The van der Waals surface area contributed by atoms with Crippen LogP contribution >= 0.6 is 11.3 Å². The van der Waals surface area contributed by atoms with Gasteiger partial charge in [-0.25, -0.2) is 4.98 Å². The Bertz CT molecular complexity index is 411. The van der Waals surface area contributed by atoms with Crippen molar-refractivity contribution in [3.63, 3.8) is 0 Å². The van der Waals surface area contributed by atoms with Crippen molar-refractivity contribution in [2.24, 2.45) is 0 Å². The average Bonchev–Trinajstić information content (AvgIpc) is 2.73. The van der Waals surface area contributed by atoms with Crippen molar-refractivity contribution < 1.29 is 5.11 Å². The molecular formula is C15H23NOS. The number of rotatable bonds is 3.